The van der Waals surface area contributed by atoms with Crippen molar-refractivity contribution in [1.29, 1.82) is 0 Å². The first-order valence-electron chi connectivity index (χ1n) is 8.56. The number of hydroxylamine groups is 1. The lowest BCUT2D eigenvalue weighted by Gasteiger charge is -2.09. The van der Waals surface area contributed by atoms with Gasteiger partial charge >= 0.3 is 0 Å². The van der Waals surface area contributed by atoms with Crippen LogP contribution in [0.4, 0.5) is 5.69 Å². The van der Waals surface area contributed by atoms with Crippen LogP contribution in [0.25, 0.3) is 0 Å². The molecule has 1 rings (SSSR count). The molecule has 0 atom stereocenters. The first-order valence-corrected chi connectivity index (χ1v) is 8.56. The van der Waals surface area contributed by atoms with Crippen molar-refractivity contribution in [2.24, 2.45) is 5.92 Å². The summed E-state index contributed by atoms with van der Waals surface area (Å²) < 4.78 is 0. The van der Waals surface area contributed by atoms with Crippen LogP contribution < -0.4 is 16.1 Å². The van der Waals surface area contributed by atoms with Gasteiger partial charge in [-0.25, -0.2) is 5.48 Å². The average Bonchev–Trinajstić information content (AvgIpc) is 2.60. The number of unbranched alkanes of at least 4 members (excludes halogenated alkanes) is 3. The third-order valence-corrected chi connectivity index (χ3v) is 3.68. The zero-order valence-electron chi connectivity index (χ0n) is 14.8. The minimum absolute atomic E-state index is 0.0614. The van der Waals surface area contributed by atoms with Gasteiger partial charge in [0, 0.05) is 30.1 Å². The number of anilines is 1. The molecule has 0 aliphatic heterocycles. The topological polar surface area (TPSA) is 108 Å². The summed E-state index contributed by atoms with van der Waals surface area (Å²) in [6.07, 6.45) is 3.62. The number of benzene rings is 1. The number of carbonyl (C=O) groups excluding carboxylic acids is 3. The van der Waals surface area contributed by atoms with Crippen molar-refractivity contribution in [3.05, 3.63) is 29.8 Å². The van der Waals surface area contributed by atoms with Gasteiger partial charge in [0.2, 0.25) is 11.8 Å². The van der Waals surface area contributed by atoms with E-state index in [9.17, 15) is 14.4 Å². The molecular weight excluding hydrogens is 322 g/mol. The lowest BCUT2D eigenvalue weighted by molar-refractivity contribution is -0.129. The predicted molar refractivity (Wildman–Crippen MR) is 95.3 cm³/mol. The Hall–Kier alpha value is -2.41. The molecule has 25 heavy (non-hydrogen) atoms. The first-order chi connectivity index (χ1) is 11.9. The fourth-order valence-electron chi connectivity index (χ4n) is 2.12. The Bertz CT molecular complexity index is 570. The largest absolute Gasteiger partial charge is 0.352 e. The minimum Gasteiger partial charge on any atom is -0.352 e. The second kappa shape index (κ2) is 11.2. The van der Waals surface area contributed by atoms with Crippen molar-refractivity contribution in [1.82, 2.24) is 10.8 Å². The highest BCUT2D eigenvalue weighted by Crippen LogP contribution is 2.11. The van der Waals surface area contributed by atoms with Crippen LogP contribution in [0, 0.1) is 5.92 Å². The number of rotatable bonds is 10. The minimum atomic E-state index is -0.374. The summed E-state index contributed by atoms with van der Waals surface area (Å²) in [5.74, 6) is -0.683. The molecule has 0 saturated heterocycles. The molecule has 0 aliphatic rings. The van der Waals surface area contributed by atoms with Crippen LogP contribution in [-0.2, 0) is 9.59 Å². The van der Waals surface area contributed by atoms with Crippen molar-refractivity contribution < 1.29 is 19.6 Å². The van der Waals surface area contributed by atoms with Crippen LogP contribution in [0.5, 0.6) is 0 Å². The van der Waals surface area contributed by atoms with E-state index in [1.165, 1.54) is 0 Å². The second-order valence-corrected chi connectivity index (χ2v) is 6.18. The summed E-state index contributed by atoms with van der Waals surface area (Å²) in [5, 5.41) is 14.0. The lowest BCUT2D eigenvalue weighted by Crippen LogP contribution is -2.24. The molecule has 0 heterocycles. The van der Waals surface area contributed by atoms with Crippen molar-refractivity contribution >= 4 is 23.4 Å². The van der Waals surface area contributed by atoms with E-state index in [0.29, 0.717) is 30.6 Å². The molecule has 4 N–H and O–H groups in total. The Labute approximate surface area is 148 Å². The summed E-state index contributed by atoms with van der Waals surface area (Å²) in [6.45, 7) is 4.20. The summed E-state index contributed by atoms with van der Waals surface area (Å²) in [6, 6.07) is 6.78. The molecule has 0 bridgehead atoms. The van der Waals surface area contributed by atoms with Gasteiger partial charge < -0.3 is 10.6 Å². The Morgan fingerprint density at radius 1 is 1.00 bits per heavy atom. The van der Waals surface area contributed by atoms with E-state index < -0.39 is 0 Å². The molecule has 7 nitrogen and oxygen atoms in total. The van der Waals surface area contributed by atoms with Gasteiger partial charge in [0.1, 0.15) is 0 Å². The van der Waals surface area contributed by atoms with Gasteiger partial charge in [0.25, 0.3) is 5.91 Å². The molecule has 0 saturated carbocycles. The highest BCUT2D eigenvalue weighted by atomic mass is 16.5. The normalized spacial score (nSPS) is 10.4. The SMILES string of the molecule is CC(C)C(=O)Nc1ccc(C(=O)NCCCCCCC(=O)NO)cc1. The van der Waals surface area contributed by atoms with Crippen molar-refractivity contribution in [3.63, 3.8) is 0 Å². The monoisotopic (exact) mass is 349 g/mol. The van der Waals surface area contributed by atoms with Crippen LogP contribution in [0.2, 0.25) is 0 Å². The Balaban J connectivity index is 2.24. The number of nitrogens with one attached hydrogen (secondary N) is 3. The molecule has 0 aliphatic carbocycles. The van der Waals surface area contributed by atoms with Crippen LogP contribution in [0.15, 0.2) is 24.3 Å². The smallest absolute Gasteiger partial charge is 0.251 e. The zero-order valence-corrected chi connectivity index (χ0v) is 14.8. The molecule has 3 amide bonds. The van der Waals surface area contributed by atoms with Gasteiger partial charge in [0.15, 0.2) is 0 Å². The molecule has 1 aromatic rings. The Kier molecular flexibility index (Phi) is 9.24. The average molecular weight is 349 g/mol. The van der Waals surface area contributed by atoms with Gasteiger partial charge in [-0.1, -0.05) is 26.7 Å². The third-order valence-electron chi connectivity index (χ3n) is 3.68. The quantitative estimate of drug-likeness (QED) is 0.296. The number of amides is 3. The Morgan fingerprint density at radius 2 is 1.64 bits per heavy atom. The number of hydrogen-bond donors (Lipinski definition) is 4. The molecule has 138 valence electrons. The van der Waals surface area contributed by atoms with E-state index in [0.717, 1.165) is 19.3 Å². The maximum absolute atomic E-state index is 12.0. The van der Waals surface area contributed by atoms with Crippen molar-refractivity contribution in [2.45, 2.75) is 46.0 Å². The number of carbonyl (C=O) groups is 3. The maximum Gasteiger partial charge on any atom is 0.251 e. The molecule has 0 spiro atoms. The lowest BCUT2D eigenvalue weighted by atomic mass is 10.1. The summed E-state index contributed by atoms with van der Waals surface area (Å²) in [5.41, 5.74) is 2.81. The molecule has 0 fully saturated rings. The van der Waals surface area contributed by atoms with Gasteiger partial charge in [-0.05, 0) is 37.1 Å². The third kappa shape index (κ3) is 8.30. The van der Waals surface area contributed by atoms with E-state index in [4.69, 9.17) is 5.21 Å². The van der Waals surface area contributed by atoms with E-state index in [1.807, 2.05) is 13.8 Å². The van der Waals surface area contributed by atoms with Crippen LogP contribution in [0.1, 0.15) is 56.3 Å². The predicted octanol–water partition coefficient (Wildman–Crippen LogP) is 2.47. The van der Waals surface area contributed by atoms with Crippen LogP contribution >= 0.6 is 0 Å². The van der Waals surface area contributed by atoms with E-state index >= 15 is 0 Å². The standard InChI is InChI=1S/C18H27N3O4/c1-13(2)17(23)20-15-10-8-14(9-11-15)18(24)19-12-6-4-3-5-7-16(22)21-25/h8-11,13,25H,3-7,12H2,1-2H3,(H,19,24)(H,20,23)(H,21,22). The molecular formula is C18H27N3O4. The fraction of sp³-hybridized carbons (Fsp3) is 0.500. The zero-order chi connectivity index (χ0) is 18.7. The van der Waals surface area contributed by atoms with Gasteiger partial charge in [-0.2, -0.15) is 0 Å². The first kappa shape index (κ1) is 20.6. The van der Waals surface area contributed by atoms with Gasteiger partial charge in [0.05, 0.1) is 0 Å². The summed E-state index contributed by atoms with van der Waals surface area (Å²) >= 11 is 0. The van der Waals surface area contributed by atoms with Crippen LogP contribution in [0.3, 0.4) is 0 Å². The highest BCUT2D eigenvalue weighted by molar-refractivity contribution is 5.96. The Morgan fingerprint density at radius 3 is 2.24 bits per heavy atom. The van der Waals surface area contributed by atoms with Crippen molar-refractivity contribution in [2.75, 3.05) is 11.9 Å². The second-order valence-electron chi connectivity index (χ2n) is 6.18. The summed E-state index contributed by atoms with van der Waals surface area (Å²) in [7, 11) is 0. The molecule has 0 unspecified atom stereocenters. The maximum atomic E-state index is 12.0. The molecule has 1 aromatic carbocycles. The highest BCUT2D eigenvalue weighted by Gasteiger charge is 2.08. The van der Waals surface area contributed by atoms with E-state index in [1.54, 1.807) is 29.7 Å². The van der Waals surface area contributed by atoms with Crippen molar-refractivity contribution in [3.8, 4) is 0 Å². The van der Waals surface area contributed by atoms with Crippen LogP contribution in [-0.4, -0.2) is 29.5 Å². The summed E-state index contributed by atoms with van der Waals surface area (Å²) in [4.78, 5) is 34.5. The van der Waals surface area contributed by atoms with Gasteiger partial charge in [-0.15, -0.1) is 0 Å². The van der Waals surface area contributed by atoms with E-state index in [2.05, 4.69) is 10.6 Å². The molecule has 0 radical (unpaired) electrons. The van der Waals surface area contributed by atoms with Gasteiger partial charge in [-0.3, -0.25) is 19.6 Å². The fourth-order valence-corrected chi connectivity index (χ4v) is 2.12. The molecule has 0 aromatic heterocycles. The number of hydrogen-bond acceptors (Lipinski definition) is 4. The van der Waals surface area contributed by atoms with E-state index in [-0.39, 0.29) is 23.6 Å². The molecule has 7 heteroatoms.